The second-order valence-electron chi connectivity index (χ2n) is 4.32. The summed E-state index contributed by atoms with van der Waals surface area (Å²) in [5.41, 5.74) is 2.73. The molecule has 0 bridgehead atoms. The van der Waals surface area contributed by atoms with Crippen LogP contribution in [0, 0.1) is 13.8 Å². The van der Waals surface area contributed by atoms with Gasteiger partial charge in [-0.25, -0.2) is 0 Å². The normalized spacial score (nSPS) is 15.5. The third-order valence-electron chi connectivity index (χ3n) is 3.19. The maximum Gasteiger partial charge on any atom is 0.310 e. The van der Waals surface area contributed by atoms with Crippen molar-refractivity contribution in [3.8, 4) is 11.5 Å². The van der Waals surface area contributed by atoms with Crippen molar-refractivity contribution < 1.29 is 19.4 Å². The van der Waals surface area contributed by atoms with Gasteiger partial charge in [0.25, 0.3) is 0 Å². The van der Waals surface area contributed by atoms with Crippen molar-refractivity contribution in [2.24, 2.45) is 0 Å². The number of hydrogen-bond acceptors (Lipinski definition) is 3. The quantitative estimate of drug-likeness (QED) is 0.855. The van der Waals surface area contributed by atoms with Crippen molar-refractivity contribution in [3.63, 3.8) is 0 Å². The molecule has 2 rings (SSSR count). The minimum absolute atomic E-state index is 0.467. The maximum atomic E-state index is 11.1. The topological polar surface area (TPSA) is 55.8 Å². The molecule has 4 heteroatoms. The number of carboxylic acid groups (broad SMARTS) is 1. The Labute approximate surface area is 100 Å². The summed E-state index contributed by atoms with van der Waals surface area (Å²) >= 11 is 0. The van der Waals surface area contributed by atoms with Gasteiger partial charge in [0.05, 0.1) is 5.92 Å². The summed E-state index contributed by atoms with van der Waals surface area (Å²) in [7, 11) is 0. The Hall–Kier alpha value is -1.71. The molecule has 17 heavy (non-hydrogen) atoms. The van der Waals surface area contributed by atoms with E-state index in [4.69, 9.17) is 14.6 Å². The molecule has 0 amide bonds. The monoisotopic (exact) mass is 236 g/mol. The van der Waals surface area contributed by atoms with Gasteiger partial charge in [-0.15, -0.1) is 0 Å². The van der Waals surface area contributed by atoms with Gasteiger partial charge in [0.2, 0.25) is 0 Å². The van der Waals surface area contributed by atoms with E-state index in [2.05, 4.69) is 0 Å². The molecule has 4 nitrogen and oxygen atoms in total. The van der Waals surface area contributed by atoms with Gasteiger partial charge < -0.3 is 14.6 Å². The Morgan fingerprint density at radius 2 is 1.88 bits per heavy atom. The van der Waals surface area contributed by atoms with E-state index in [1.807, 2.05) is 19.9 Å². The molecule has 1 aromatic carbocycles. The van der Waals surface area contributed by atoms with Crippen LogP contribution in [0.15, 0.2) is 6.07 Å². The van der Waals surface area contributed by atoms with Crippen molar-refractivity contribution in [2.45, 2.75) is 26.7 Å². The molecule has 0 saturated carbocycles. The fraction of sp³-hybridized carbons (Fsp3) is 0.462. The second kappa shape index (κ2) is 4.28. The van der Waals surface area contributed by atoms with E-state index >= 15 is 0 Å². The minimum atomic E-state index is -0.857. The average Bonchev–Trinajstić information content (AvgIpc) is 2.33. The van der Waals surface area contributed by atoms with E-state index in [1.54, 1.807) is 6.92 Å². The van der Waals surface area contributed by atoms with Crippen molar-refractivity contribution >= 4 is 5.97 Å². The first kappa shape index (κ1) is 11.8. The van der Waals surface area contributed by atoms with Gasteiger partial charge in [-0.1, -0.05) is 6.07 Å². The molecule has 0 fully saturated rings. The molecular formula is C13H16O4. The lowest BCUT2D eigenvalue weighted by Crippen LogP contribution is -2.20. The SMILES string of the molecule is Cc1cc(C(C)C(=O)O)c2c(c1C)OCCO2. The number of ether oxygens (including phenoxy) is 2. The predicted octanol–water partition coefficient (Wildman–Crippen LogP) is 2.26. The molecule has 1 atom stereocenters. The second-order valence-corrected chi connectivity index (χ2v) is 4.32. The van der Waals surface area contributed by atoms with E-state index in [1.165, 1.54) is 0 Å². The molecular weight excluding hydrogens is 220 g/mol. The number of carboxylic acids is 1. The number of hydrogen-bond donors (Lipinski definition) is 1. The summed E-state index contributed by atoms with van der Waals surface area (Å²) < 4.78 is 11.2. The van der Waals surface area contributed by atoms with Gasteiger partial charge in [-0.2, -0.15) is 0 Å². The highest BCUT2D eigenvalue weighted by Crippen LogP contribution is 2.41. The van der Waals surface area contributed by atoms with Crippen LogP contribution in [-0.4, -0.2) is 24.3 Å². The van der Waals surface area contributed by atoms with E-state index in [-0.39, 0.29) is 0 Å². The average molecular weight is 236 g/mol. The summed E-state index contributed by atoms with van der Waals surface area (Å²) in [5, 5.41) is 9.10. The molecule has 1 aliphatic heterocycles. The number of aryl methyl sites for hydroxylation is 1. The first-order valence-corrected chi connectivity index (χ1v) is 5.65. The third-order valence-corrected chi connectivity index (χ3v) is 3.19. The van der Waals surface area contributed by atoms with E-state index in [9.17, 15) is 4.79 Å². The number of rotatable bonds is 2. The summed E-state index contributed by atoms with van der Waals surface area (Å²) in [6.45, 7) is 6.54. The van der Waals surface area contributed by atoms with Crippen LogP contribution in [0.5, 0.6) is 11.5 Å². The largest absolute Gasteiger partial charge is 0.486 e. The van der Waals surface area contributed by atoms with Crippen molar-refractivity contribution in [3.05, 3.63) is 22.8 Å². The van der Waals surface area contributed by atoms with Crippen LogP contribution < -0.4 is 9.47 Å². The molecule has 1 heterocycles. The number of aliphatic carboxylic acids is 1. The van der Waals surface area contributed by atoms with E-state index in [0.29, 0.717) is 30.3 Å². The van der Waals surface area contributed by atoms with Crippen LogP contribution in [-0.2, 0) is 4.79 Å². The Bertz CT molecular complexity index is 465. The smallest absolute Gasteiger partial charge is 0.310 e. The lowest BCUT2D eigenvalue weighted by Gasteiger charge is -2.25. The number of benzene rings is 1. The van der Waals surface area contributed by atoms with Crippen LogP contribution in [0.1, 0.15) is 29.5 Å². The first-order valence-electron chi connectivity index (χ1n) is 5.65. The van der Waals surface area contributed by atoms with Gasteiger partial charge in [-0.05, 0) is 31.9 Å². The lowest BCUT2D eigenvalue weighted by molar-refractivity contribution is -0.138. The zero-order chi connectivity index (χ0) is 12.6. The molecule has 0 aromatic heterocycles. The standard InChI is InChI=1S/C13H16O4/c1-7-6-10(9(3)13(14)15)12-11(8(7)2)16-4-5-17-12/h6,9H,4-5H2,1-3H3,(H,14,15). The number of carbonyl (C=O) groups is 1. The highest BCUT2D eigenvalue weighted by atomic mass is 16.6. The Morgan fingerprint density at radius 1 is 1.29 bits per heavy atom. The van der Waals surface area contributed by atoms with Gasteiger partial charge in [0.1, 0.15) is 13.2 Å². The summed E-state index contributed by atoms with van der Waals surface area (Å²) in [6, 6.07) is 1.88. The van der Waals surface area contributed by atoms with Crippen LogP contribution in [0.4, 0.5) is 0 Å². The first-order chi connectivity index (χ1) is 8.02. The summed E-state index contributed by atoms with van der Waals surface area (Å²) in [4.78, 5) is 11.1. The fourth-order valence-electron chi connectivity index (χ4n) is 1.95. The predicted molar refractivity (Wildman–Crippen MR) is 63.0 cm³/mol. The fourth-order valence-corrected chi connectivity index (χ4v) is 1.95. The van der Waals surface area contributed by atoms with Gasteiger partial charge in [0.15, 0.2) is 11.5 Å². The molecule has 1 unspecified atom stereocenters. The van der Waals surface area contributed by atoms with Crippen molar-refractivity contribution in [2.75, 3.05) is 13.2 Å². The minimum Gasteiger partial charge on any atom is -0.486 e. The highest BCUT2D eigenvalue weighted by Gasteiger charge is 2.26. The van der Waals surface area contributed by atoms with Crippen LogP contribution >= 0.6 is 0 Å². The van der Waals surface area contributed by atoms with Gasteiger partial charge in [-0.3, -0.25) is 4.79 Å². The van der Waals surface area contributed by atoms with Crippen molar-refractivity contribution in [1.82, 2.24) is 0 Å². The van der Waals surface area contributed by atoms with Crippen LogP contribution in [0.25, 0.3) is 0 Å². The van der Waals surface area contributed by atoms with Crippen LogP contribution in [0.2, 0.25) is 0 Å². The maximum absolute atomic E-state index is 11.1. The summed E-state index contributed by atoms with van der Waals surface area (Å²) in [6.07, 6.45) is 0. The zero-order valence-corrected chi connectivity index (χ0v) is 10.2. The Morgan fingerprint density at radius 3 is 2.47 bits per heavy atom. The molecule has 1 aromatic rings. The highest BCUT2D eigenvalue weighted by molar-refractivity contribution is 5.78. The molecule has 0 aliphatic carbocycles. The molecule has 1 N–H and O–H groups in total. The Kier molecular flexibility index (Phi) is 2.96. The molecule has 92 valence electrons. The molecule has 0 spiro atoms. The van der Waals surface area contributed by atoms with Crippen molar-refractivity contribution in [1.29, 1.82) is 0 Å². The van der Waals surface area contributed by atoms with E-state index < -0.39 is 11.9 Å². The Balaban J connectivity index is 2.59. The molecule has 1 aliphatic rings. The number of fused-ring (bicyclic) bond motifs is 1. The third kappa shape index (κ3) is 1.95. The summed E-state index contributed by atoms with van der Waals surface area (Å²) in [5.74, 6) is -0.164. The van der Waals surface area contributed by atoms with E-state index in [0.717, 1.165) is 11.1 Å². The van der Waals surface area contributed by atoms with Gasteiger partial charge >= 0.3 is 5.97 Å². The molecule has 0 radical (unpaired) electrons. The molecule has 0 saturated heterocycles. The lowest BCUT2D eigenvalue weighted by atomic mass is 9.94. The van der Waals surface area contributed by atoms with Gasteiger partial charge in [0, 0.05) is 5.56 Å². The zero-order valence-electron chi connectivity index (χ0n) is 10.2. The van der Waals surface area contributed by atoms with Crippen LogP contribution in [0.3, 0.4) is 0 Å².